The van der Waals surface area contributed by atoms with Gasteiger partial charge in [0.05, 0.1) is 0 Å². The minimum Gasteiger partial charge on any atom is -0.396 e. The van der Waals surface area contributed by atoms with E-state index in [0.717, 1.165) is 19.3 Å². The summed E-state index contributed by atoms with van der Waals surface area (Å²) in [7, 11) is 0. The van der Waals surface area contributed by atoms with Crippen molar-refractivity contribution in [2.75, 3.05) is 6.61 Å². The number of hydrogen-bond acceptors (Lipinski definition) is 3. The van der Waals surface area contributed by atoms with Crippen LogP contribution in [0.5, 0.6) is 0 Å². The third-order valence-electron chi connectivity index (χ3n) is 2.02. The van der Waals surface area contributed by atoms with Gasteiger partial charge in [0.2, 0.25) is 0 Å². The molecule has 0 aromatic heterocycles. The molecule has 0 heterocycles. The highest BCUT2D eigenvalue weighted by Gasteiger charge is 1.89. The molecule has 0 saturated carbocycles. The van der Waals surface area contributed by atoms with Gasteiger partial charge in [-0.25, -0.2) is 0 Å². The lowest BCUT2D eigenvalue weighted by Crippen LogP contribution is -2.01. The number of unbranched alkanes of at least 4 members (excludes halogenated alkanes) is 4. The van der Waals surface area contributed by atoms with Crippen LogP contribution < -0.4 is 0 Å². The molecule has 0 aromatic carbocycles. The maximum Gasteiger partial charge on any atom is 0.151 e. The van der Waals surface area contributed by atoms with Gasteiger partial charge in [0.1, 0.15) is 0 Å². The summed E-state index contributed by atoms with van der Waals surface area (Å²) in [5, 5.41) is 24.4. The van der Waals surface area contributed by atoms with Crippen LogP contribution in [0.3, 0.4) is 0 Å². The van der Waals surface area contributed by atoms with Crippen LogP contribution in [0.4, 0.5) is 0 Å². The zero-order chi connectivity index (χ0) is 13.9. The van der Waals surface area contributed by atoms with Gasteiger partial charge in [0.25, 0.3) is 0 Å². The molecular weight excluding hydrogens is 216 g/mol. The van der Waals surface area contributed by atoms with E-state index in [1.165, 1.54) is 25.7 Å². The van der Waals surface area contributed by atoms with E-state index in [1.54, 1.807) is 0 Å². The van der Waals surface area contributed by atoms with Gasteiger partial charge in [0.15, 0.2) is 6.29 Å². The Morgan fingerprint density at radius 3 is 1.24 bits per heavy atom. The molecule has 0 spiro atoms. The van der Waals surface area contributed by atoms with Gasteiger partial charge in [-0.2, -0.15) is 0 Å². The molecule has 17 heavy (non-hydrogen) atoms. The Labute approximate surface area is 108 Å². The van der Waals surface area contributed by atoms with Gasteiger partial charge in [0, 0.05) is 6.61 Å². The minimum absolute atomic E-state index is 0.355. The Hall–Kier alpha value is -0.120. The summed E-state index contributed by atoms with van der Waals surface area (Å²) in [6.07, 6.45) is 7.62. The van der Waals surface area contributed by atoms with Gasteiger partial charge in [-0.05, 0) is 12.8 Å². The van der Waals surface area contributed by atoms with Gasteiger partial charge in [-0.1, -0.05) is 66.2 Å². The van der Waals surface area contributed by atoms with E-state index >= 15 is 0 Å². The van der Waals surface area contributed by atoms with E-state index in [-0.39, 0.29) is 0 Å². The zero-order valence-corrected chi connectivity index (χ0v) is 12.3. The first-order valence-corrected chi connectivity index (χ1v) is 7.07. The zero-order valence-electron chi connectivity index (χ0n) is 12.3. The van der Waals surface area contributed by atoms with Crippen LogP contribution in [0.25, 0.3) is 0 Å². The Bertz CT molecular complexity index is 89.5. The van der Waals surface area contributed by atoms with Crippen LogP contribution >= 0.6 is 0 Å². The predicted octanol–water partition coefficient (Wildman–Crippen LogP) is 3.46. The van der Waals surface area contributed by atoms with Gasteiger partial charge in [-0.15, -0.1) is 0 Å². The lowest BCUT2D eigenvalue weighted by atomic mass is 10.3. The van der Waals surface area contributed by atoms with E-state index in [4.69, 9.17) is 15.3 Å². The van der Waals surface area contributed by atoms with Crippen molar-refractivity contribution in [1.29, 1.82) is 0 Å². The van der Waals surface area contributed by atoms with E-state index < -0.39 is 6.29 Å². The van der Waals surface area contributed by atoms with Crippen LogP contribution in [-0.4, -0.2) is 28.2 Å². The molecule has 0 aliphatic carbocycles. The first kappa shape index (κ1) is 22.1. The average Bonchev–Trinajstić information content (AvgIpc) is 2.29. The quantitative estimate of drug-likeness (QED) is 0.479. The third kappa shape index (κ3) is 49.3. The molecule has 0 radical (unpaired) electrons. The maximum absolute atomic E-state index is 8.20. The topological polar surface area (TPSA) is 60.7 Å². The van der Waals surface area contributed by atoms with Crippen molar-refractivity contribution in [3.8, 4) is 0 Å². The second-order valence-corrected chi connectivity index (χ2v) is 4.05. The van der Waals surface area contributed by atoms with Gasteiger partial charge >= 0.3 is 0 Å². The van der Waals surface area contributed by atoms with E-state index in [1.807, 2.05) is 6.92 Å². The van der Waals surface area contributed by atoms with Crippen LogP contribution in [0.1, 0.15) is 79.1 Å². The molecule has 3 nitrogen and oxygen atoms in total. The van der Waals surface area contributed by atoms with Crippen LogP contribution in [0.15, 0.2) is 0 Å². The molecule has 0 bridgehead atoms. The number of hydrogen-bond donors (Lipinski definition) is 3. The second-order valence-electron chi connectivity index (χ2n) is 4.05. The van der Waals surface area contributed by atoms with Crippen molar-refractivity contribution in [2.24, 2.45) is 0 Å². The Morgan fingerprint density at radius 2 is 1.18 bits per heavy atom. The van der Waals surface area contributed by atoms with Crippen molar-refractivity contribution in [1.82, 2.24) is 0 Å². The fourth-order valence-electron chi connectivity index (χ4n) is 0.974. The highest BCUT2D eigenvalue weighted by Crippen LogP contribution is 1.89. The molecule has 0 aromatic rings. The highest BCUT2D eigenvalue weighted by atomic mass is 16.5. The lowest BCUT2D eigenvalue weighted by molar-refractivity contribution is -0.0453. The highest BCUT2D eigenvalue weighted by molar-refractivity contribution is 4.31. The van der Waals surface area contributed by atoms with Gasteiger partial charge in [-0.3, -0.25) is 0 Å². The summed E-state index contributed by atoms with van der Waals surface area (Å²) in [6.45, 7) is 8.80. The second kappa shape index (κ2) is 24.9. The van der Waals surface area contributed by atoms with Gasteiger partial charge < -0.3 is 15.3 Å². The smallest absolute Gasteiger partial charge is 0.151 e. The summed E-state index contributed by atoms with van der Waals surface area (Å²) < 4.78 is 0. The molecule has 0 saturated heterocycles. The molecule has 3 N–H and O–H groups in total. The predicted molar refractivity (Wildman–Crippen MR) is 74.9 cm³/mol. The number of aliphatic hydroxyl groups excluding tert-OH is 2. The molecule has 0 aliphatic heterocycles. The summed E-state index contributed by atoms with van der Waals surface area (Å²) in [6, 6.07) is 0. The summed E-state index contributed by atoms with van der Waals surface area (Å²) in [5.41, 5.74) is 0. The molecule has 0 fully saturated rings. The van der Waals surface area contributed by atoms with E-state index in [9.17, 15) is 0 Å². The molecule has 0 aliphatic rings. The lowest BCUT2D eigenvalue weighted by Gasteiger charge is -1.94. The molecule has 0 amide bonds. The van der Waals surface area contributed by atoms with Crippen molar-refractivity contribution < 1.29 is 15.3 Å². The molecule has 0 atom stereocenters. The molecule has 0 rings (SSSR count). The van der Waals surface area contributed by atoms with Crippen molar-refractivity contribution in [2.45, 2.75) is 85.4 Å². The van der Waals surface area contributed by atoms with Crippen molar-refractivity contribution >= 4 is 0 Å². The molecule has 0 unspecified atom stereocenters. The van der Waals surface area contributed by atoms with Crippen molar-refractivity contribution in [3.63, 3.8) is 0 Å². The standard InChI is InChI=1S/C5H12O.C5H12.C4H10O2/c1-2-3-4-5-6;1-3-5-4-2;1-2-3-4(5)6/h6H,2-5H2,1H3;3-5H2,1-2H3;4-6H,2-3H2,1H3. The Balaban J connectivity index is -0.000000174. The van der Waals surface area contributed by atoms with Crippen LogP contribution in [0, 0.1) is 0 Å². The van der Waals surface area contributed by atoms with E-state index in [0.29, 0.717) is 13.0 Å². The summed E-state index contributed by atoms with van der Waals surface area (Å²) >= 11 is 0. The molecular formula is C14H34O3. The Morgan fingerprint density at radius 1 is 0.706 bits per heavy atom. The third-order valence-corrected chi connectivity index (χ3v) is 2.02. The maximum atomic E-state index is 8.20. The normalized spacial score (nSPS) is 9.18. The number of rotatable bonds is 7. The van der Waals surface area contributed by atoms with Crippen LogP contribution in [0.2, 0.25) is 0 Å². The minimum atomic E-state index is -1.10. The van der Waals surface area contributed by atoms with Crippen molar-refractivity contribution in [3.05, 3.63) is 0 Å². The molecule has 3 heteroatoms. The largest absolute Gasteiger partial charge is 0.396 e. The van der Waals surface area contributed by atoms with Crippen LogP contribution in [-0.2, 0) is 0 Å². The SMILES string of the molecule is CCCC(O)O.CCCCC.CCCCCO. The monoisotopic (exact) mass is 250 g/mol. The first-order chi connectivity index (χ1) is 8.10. The first-order valence-electron chi connectivity index (χ1n) is 7.07. The Kier molecular flexibility index (Phi) is 32.4. The summed E-state index contributed by atoms with van der Waals surface area (Å²) in [4.78, 5) is 0. The fraction of sp³-hybridized carbons (Fsp3) is 1.00. The number of aliphatic hydroxyl groups is 3. The average molecular weight is 250 g/mol. The fourth-order valence-corrected chi connectivity index (χ4v) is 0.974. The van der Waals surface area contributed by atoms with E-state index in [2.05, 4.69) is 20.8 Å². The summed E-state index contributed by atoms with van der Waals surface area (Å²) in [5.74, 6) is 0. The molecule has 108 valence electrons.